The van der Waals surface area contributed by atoms with E-state index in [1.807, 2.05) is 18.7 Å². The molecule has 9 heteroatoms. The van der Waals surface area contributed by atoms with Gasteiger partial charge in [0.25, 0.3) is 10.0 Å². The predicted molar refractivity (Wildman–Crippen MR) is 126 cm³/mol. The van der Waals surface area contributed by atoms with E-state index in [-0.39, 0.29) is 34.0 Å². The smallest absolute Gasteiger partial charge is 0.337 e. The topological polar surface area (TPSA) is 113 Å². The van der Waals surface area contributed by atoms with E-state index in [1.165, 1.54) is 24.3 Å². The summed E-state index contributed by atoms with van der Waals surface area (Å²) in [7, 11) is -3.88. The minimum Gasteiger partial charge on any atom is -0.478 e. The Hall–Kier alpha value is -3.07. The van der Waals surface area contributed by atoms with Crippen molar-refractivity contribution in [1.29, 1.82) is 0 Å². The van der Waals surface area contributed by atoms with Gasteiger partial charge in [0.1, 0.15) is 0 Å². The summed E-state index contributed by atoms with van der Waals surface area (Å²) in [5.41, 5.74) is 1.59. The number of carboxylic acid groups (broad SMARTS) is 1. The van der Waals surface area contributed by atoms with Gasteiger partial charge in [-0.3, -0.25) is 9.52 Å². The summed E-state index contributed by atoms with van der Waals surface area (Å²) in [6.07, 6.45) is 1.41. The van der Waals surface area contributed by atoms with E-state index in [4.69, 9.17) is 4.74 Å². The summed E-state index contributed by atoms with van der Waals surface area (Å²) in [6.45, 7) is 7.04. The number of hydrogen-bond acceptors (Lipinski definition) is 6. The lowest BCUT2D eigenvalue weighted by molar-refractivity contribution is -0.148. The van der Waals surface area contributed by atoms with Crippen LogP contribution < -0.4 is 9.62 Å². The Morgan fingerprint density at radius 2 is 1.88 bits per heavy atom. The Bertz CT molecular complexity index is 1110. The second-order valence-electron chi connectivity index (χ2n) is 8.40. The molecule has 0 aliphatic carbocycles. The van der Waals surface area contributed by atoms with Gasteiger partial charge in [-0.25, -0.2) is 13.2 Å². The molecule has 1 aliphatic heterocycles. The Balaban J connectivity index is 1.84. The quantitative estimate of drug-likeness (QED) is 0.554. The zero-order chi connectivity index (χ0) is 24.2. The van der Waals surface area contributed by atoms with Crippen molar-refractivity contribution in [1.82, 2.24) is 0 Å². The van der Waals surface area contributed by atoms with Gasteiger partial charge < -0.3 is 14.7 Å². The molecule has 178 valence electrons. The number of ether oxygens (including phenoxy) is 1. The van der Waals surface area contributed by atoms with Crippen molar-refractivity contribution in [3.63, 3.8) is 0 Å². The number of benzene rings is 2. The van der Waals surface area contributed by atoms with Crippen molar-refractivity contribution in [2.45, 2.75) is 44.4 Å². The van der Waals surface area contributed by atoms with Gasteiger partial charge in [0, 0.05) is 18.8 Å². The van der Waals surface area contributed by atoms with Gasteiger partial charge in [-0.15, -0.1) is 0 Å². The van der Waals surface area contributed by atoms with Gasteiger partial charge in [-0.1, -0.05) is 26.0 Å². The molecule has 0 aromatic heterocycles. The van der Waals surface area contributed by atoms with Crippen LogP contribution in [0.4, 0.5) is 11.4 Å². The third kappa shape index (κ3) is 5.84. The average Bonchev–Trinajstić information content (AvgIpc) is 2.79. The van der Waals surface area contributed by atoms with Gasteiger partial charge in [0.15, 0.2) is 0 Å². The highest BCUT2D eigenvalue weighted by Gasteiger charge is 2.29. The van der Waals surface area contributed by atoms with Crippen molar-refractivity contribution in [3.8, 4) is 0 Å². The van der Waals surface area contributed by atoms with Crippen LogP contribution in [0.25, 0.3) is 0 Å². The number of carboxylic acids is 1. The van der Waals surface area contributed by atoms with Crippen LogP contribution in [0.5, 0.6) is 0 Å². The minimum atomic E-state index is -3.88. The summed E-state index contributed by atoms with van der Waals surface area (Å²) in [5.74, 6) is -1.51. The van der Waals surface area contributed by atoms with Crippen molar-refractivity contribution < 1.29 is 27.9 Å². The number of carbonyl (C=O) groups excluding carboxylic acids is 1. The largest absolute Gasteiger partial charge is 0.478 e. The maximum atomic E-state index is 12.8. The summed E-state index contributed by atoms with van der Waals surface area (Å²) < 4.78 is 33.2. The first-order chi connectivity index (χ1) is 15.6. The number of anilines is 2. The van der Waals surface area contributed by atoms with E-state index < -0.39 is 16.0 Å². The van der Waals surface area contributed by atoms with E-state index in [1.54, 1.807) is 25.1 Å². The molecule has 2 aromatic carbocycles. The second-order valence-corrected chi connectivity index (χ2v) is 10.1. The molecule has 2 aromatic rings. The average molecular weight is 475 g/mol. The van der Waals surface area contributed by atoms with E-state index in [9.17, 15) is 23.1 Å². The van der Waals surface area contributed by atoms with Crippen LogP contribution in [0, 0.1) is 5.92 Å². The number of hydrogen-bond donors (Lipinski definition) is 2. The number of aromatic carboxylic acids is 1. The van der Waals surface area contributed by atoms with Crippen molar-refractivity contribution in [2.24, 2.45) is 5.92 Å². The summed E-state index contributed by atoms with van der Waals surface area (Å²) in [5, 5.41) is 9.78. The van der Waals surface area contributed by atoms with Gasteiger partial charge in [-0.2, -0.15) is 0 Å². The van der Waals surface area contributed by atoms with Crippen LogP contribution in [0.1, 0.15) is 55.5 Å². The summed E-state index contributed by atoms with van der Waals surface area (Å²) >= 11 is 0. The molecule has 0 amide bonds. The van der Waals surface area contributed by atoms with E-state index in [0.29, 0.717) is 31.8 Å². The van der Waals surface area contributed by atoms with Crippen molar-refractivity contribution in [2.75, 3.05) is 29.3 Å². The predicted octanol–water partition coefficient (Wildman–Crippen LogP) is 4.09. The lowest BCUT2D eigenvalue weighted by Crippen LogP contribution is -2.40. The fourth-order valence-electron chi connectivity index (χ4n) is 3.94. The molecule has 1 aliphatic rings. The molecule has 1 heterocycles. The molecule has 0 bridgehead atoms. The first-order valence-electron chi connectivity index (χ1n) is 11.0. The number of piperidine rings is 1. The van der Waals surface area contributed by atoms with Crippen LogP contribution in [0.2, 0.25) is 0 Å². The molecule has 3 rings (SSSR count). The Labute approximate surface area is 194 Å². The molecule has 8 nitrogen and oxygen atoms in total. The maximum Gasteiger partial charge on any atom is 0.337 e. The zero-order valence-electron chi connectivity index (χ0n) is 19.1. The van der Waals surface area contributed by atoms with Crippen LogP contribution >= 0.6 is 0 Å². The second kappa shape index (κ2) is 10.2. The van der Waals surface area contributed by atoms with Gasteiger partial charge in [0.2, 0.25) is 0 Å². The fraction of sp³-hybridized carbons (Fsp3) is 0.417. The molecule has 1 atom stereocenters. The molecule has 0 radical (unpaired) electrons. The van der Waals surface area contributed by atoms with Gasteiger partial charge in [-0.05, 0) is 61.6 Å². The third-order valence-electron chi connectivity index (χ3n) is 5.72. The van der Waals surface area contributed by atoms with E-state index in [2.05, 4.69) is 4.72 Å². The molecular weight excluding hydrogens is 444 g/mol. The molecule has 2 N–H and O–H groups in total. The van der Waals surface area contributed by atoms with Gasteiger partial charge >= 0.3 is 11.9 Å². The normalized spacial score (nSPS) is 16.5. The first-order valence-corrected chi connectivity index (χ1v) is 12.5. The number of sulfonamides is 1. The number of esters is 1. The number of nitrogens with one attached hydrogen (secondary N) is 1. The third-order valence-corrected chi connectivity index (χ3v) is 7.12. The standard InChI is InChI=1S/C24H30N2O6S/c1-4-32-24(29)18-6-5-13-26(15-18)22-12-9-19(14-21(22)23(27)28)25-33(30,31)20-10-7-17(8-11-20)16(2)3/h7-12,14,16,18,25H,4-6,13,15H2,1-3H3,(H,27,28)/t18-/m0/s1. The Morgan fingerprint density at radius 1 is 1.18 bits per heavy atom. The van der Waals surface area contributed by atoms with Crippen LogP contribution in [-0.4, -0.2) is 45.2 Å². The van der Waals surface area contributed by atoms with Crippen LogP contribution in [0.3, 0.4) is 0 Å². The minimum absolute atomic E-state index is 0.0325. The number of carbonyl (C=O) groups is 2. The Morgan fingerprint density at radius 3 is 2.48 bits per heavy atom. The zero-order valence-corrected chi connectivity index (χ0v) is 19.9. The lowest BCUT2D eigenvalue weighted by Gasteiger charge is -2.34. The summed E-state index contributed by atoms with van der Waals surface area (Å²) in [6, 6.07) is 11.0. The number of rotatable bonds is 8. The van der Waals surface area contributed by atoms with Crippen molar-refractivity contribution in [3.05, 3.63) is 53.6 Å². The number of nitrogens with zero attached hydrogens (tertiary/aromatic N) is 1. The van der Waals surface area contributed by atoms with Crippen LogP contribution in [-0.2, 0) is 19.6 Å². The van der Waals surface area contributed by atoms with Crippen molar-refractivity contribution >= 4 is 33.3 Å². The fourth-order valence-corrected chi connectivity index (χ4v) is 4.99. The monoisotopic (exact) mass is 474 g/mol. The molecule has 1 fully saturated rings. The first kappa shape index (κ1) is 24.6. The van der Waals surface area contributed by atoms with Gasteiger partial charge in [0.05, 0.1) is 28.7 Å². The lowest BCUT2D eigenvalue weighted by atomic mass is 9.97. The molecule has 0 saturated carbocycles. The Kier molecular flexibility index (Phi) is 7.63. The SMILES string of the molecule is CCOC(=O)[C@H]1CCCN(c2ccc(NS(=O)(=O)c3ccc(C(C)C)cc3)cc2C(=O)O)C1. The highest BCUT2D eigenvalue weighted by Crippen LogP contribution is 2.30. The highest BCUT2D eigenvalue weighted by molar-refractivity contribution is 7.92. The molecule has 0 unspecified atom stereocenters. The summed E-state index contributed by atoms with van der Waals surface area (Å²) in [4.78, 5) is 26.1. The molecular formula is C24H30N2O6S. The highest BCUT2D eigenvalue weighted by atomic mass is 32.2. The molecule has 33 heavy (non-hydrogen) atoms. The maximum absolute atomic E-state index is 12.8. The van der Waals surface area contributed by atoms with Crippen LogP contribution in [0.15, 0.2) is 47.4 Å². The van der Waals surface area contributed by atoms with E-state index >= 15 is 0 Å². The van der Waals surface area contributed by atoms with E-state index in [0.717, 1.165) is 12.0 Å². The molecule has 1 saturated heterocycles. The molecule has 0 spiro atoms.